The van der Waals surface area contributed by atoms with Crippen molar-refractivity contribution in [3.63, 3.8) is 0 Å². The standard InChI is InChI=1S/C38H27N3.C2H6/c1-26-19-22-29(23-20-26)40-35-17-9-7-14-31(35)33-25-27(21-24-36(33)40)30-13-5-6-15-32(30)38-39-34-16-8-10-18-37(34)41(38)28-11-3-2-4-12-28;1-2/h2-25H,1H3;1-2H3. The smallest absolute Gasteiger partial charge is 0.146 e. The molecule has 208 valence electrons. The summed E-state index contributed by atoms with van der Waals surface area (Å²) in [6.45, 7) is 6.13. The molecule has 0 aliphatic carbocycles. The lowest BCUT2D eigenvalue weighted by Gasteiger charge is -2.14. The second kappa shape index (κ2) is 11.1. The van der Waals surface area contributed by atoms with Crippen LogP contribution in [0.1, 0.15) is 19.4 Å². The maximum atomic E-state index is 5.17. The number of benzene rings is 6. The SMILES string of the molecule is CC.Cc1ccc(-n2c3ccccc3c3cc(-c4ccccc4-c4nc5ccccc5n4-c4ccccc4)ccc32)cc1. The Labute approximate surface area is 252 Å². The van der Waals surface area contributed by atoms with Crippen molar-refractivity contribution in [2.24, 2.45) is 0 Å². The number of aryl methyl sites for hydroxylation is 1. The molecule has 0 saturated heterocycles. The molecular formula is C40H33N3. The van der Waals surface area contributed by atoms with Gasteiger partial charge < -0.3 is 4.57 Å². The van der Waals surface area contributed by atoms with Gasteiger partial charge in [0.2, 0.25) is 0 Å². The summed E-state index contributed by atoms with van der Waals surface area (Å²) in [6, 6.07) is 51.8. The van der Waals surface area contributed by atoms with Crippen LogP contribution in [-0.4, -0.2) is 14.1 Å². The van der Waals surface area contributed by atoms with Crippen LogP contribution in [0.5, 0.6) is 0 Å². The molecule has 0 spiro atoms. The van der Waals surface area contributed by atoms with Gasteiger partial charge in [-0.15, -0.1) is 0 Å². The number of aromatic nitrogens is 3. The molecule has 8 rings (SSSR count). The van der Waals surface area contributed by atoms with Crippen molar-refractivity contribution in [3.05, 3.63) is 151 Å². The van der Waals surface area contributed by atoms with Crippen LogP contribution in [0.25, 0.3) is 66.7 Å². The fourth-order valence-corrected chi connectivity index (χ4v) is 6.09. The molecule has 3 heteroatoms. The number of nitrogens with zero attached hydrogens (tertiary/aromatic N) is 3. The van der Waals surface area contributed by atoms with E-state index in [1.165, 1.54) is 38.6 Å². The molecule has 3 nitrogen and oxygen atoms in total. The Morgan fingerprint density at radius 1 is 0.465 bits per heavy atom. The zero-order valence-electron chi connectivity index (χ0n) is 24.7. The van der Waals surface area contributed by atoms with Crippen LogP contribution in [0.2, 0.25) is 0 Å². The van der Waals surface area contributed by atoms with Crippen molar-refractivity contribution in [2.75, 3.05) is 0 Å². The van der Waals surface area contributed by atoms with Crippen molar-refractivity contribution in [1.29, 1.82) is 0 Å². The molecule has 43 heavy (non-hydrogen) atoms. The Morgan fingerprint density at radius 2 is 1.07 bits per heavy atom. The second-order valence-corrected chi connectivity index (χ2v) is 10.6. The van der Waals surface area contributed by atoms with Crippen LogP contribution in [0.4, 0.5) is 0 Å². The van der Waals surface area contributed by atoms with E-state index in [0.29, 0.717) is 0 Å². The monoisotopic (exact) mass is 555 g/mol. The number of hydrogen-bond acceptors (Lipinski definition) is 1. The molecule has 0 unspecified atom stereocenters. The van der Waals surface area contributed by atoms with Gasteiger partial charge in [-0.1, -0.05) is 110 Å². The molecular weight excluding hydrogens is 522 g/mol. The van der Waals surface area contributed by atoms with Gasteiger partial charge >= 0.3 is 0 Å². The fourth-order valence-electron chi connectivity index (χ4n) is 6.09. The topological polar surface area (TPSA) is 22.8 Å². The molecule has 0 amide bonds. The van der Waals surface area contributed by atoms with Crippen molar-refractivity contribution in [3.8, 4) is 33.9 Å². The third kappa shape index (κ3) is 4.50. The maximum absolute atomic E-state index is 5.17. The average molecular weight is 556 g/mol. The average Bonchev–Trinajstić information content (AvgIpc) is 3.62. The Hall–Kier alpha value is -5.41. The van der Waals surface area contributed by atoms with Crippen molar-refractivity contribution in [1.82, 2.24) is 14.1 Å². The number of hydrogen-bond donors (Lipinski definition) is 0. The van der Waals surface area contributed by atoms with Crippen LogP contribution < -0.4 is 0 Å². The summed E-state index contributed by atoms with van der Waals surface area (Å²) >= 11 is 0. The molecule has 0 aliphatic rings. The molecule has 0 atom stereocenters. The van der Waals surface area contributed by atoms with E-state index < -0.39 is 0 Å². The first-order valence-corrected chi connectivity index (χ1v) is 15.0. The first kappa shape index (κ1) is 26.5. The van der Waals surface area contributed by atoms with Crippen molar-refractivity contribution >= 4 is 32.8 Å². The lowest BCUT2D eigenvalue weighted by atomic mass is 9.97. The highest BCUT2D eigenvalue weighted by molar-refractivity contribution is 6.10. The van der Waals surface area contributed by atoms with E-state index in [2.05, 4.69) is 162 Å². The molecule has 6 aromatic carbocycles. The summed E-state index contributed by atoms with van der Waals surface area (Å²) in [6.07, 6.45) is 0. The van der Waals surface area contributed by atoms with E-state index in [1.54, 1.807) is 0 Å². The molecule has 0 saturated carbocycles. The van der Waals surface area contributed by atoms with Crippen LogP contribution >= 0.6 is 0 Å². The number of imidazole rings is 1. The first-order chi connectivity index (χ1) is 21.3. The minimum absolute atomic E-state index is 0.940. The summed E-state index contributed by atoms with van der Waals surface area (Å²) in [7, 11) is 0. The largest absolute Gasteiger partial charge is 0.309 e. The highest BCUT2D eigenvalue weighted by Crippen LogP contribution is 2.39. The number of para-hydroxylation sites is 4. The van der Waals surface area contributed by atoms with E-state index in [0.717, 1.165) is 33.7 Å². The summed E-state index contributed by atoms with van der Waals surface area (Å²) in [5.41, 5.74) is 11.5. The van der Waals surface area contributed by atoms with Gasteiger partial charge in [0.15, 0.2) is 0 Å². The quantitative estimate of drug-likeness (QED) is 0.212. The van der Waals surface area contributed by atoms with Crippen LogP contribution in [-0.2, 0) is 0 Å². The zero-order chi connectivity index (χ0) is 29.3. The molecule has 0 radical (unpaired) electrons. The minimum Gasteiger partial charge on any atom is -0.309 e. The Kier molecular flexibility index (Phi) is 6.84. The van der Waals surface area contributed by atoms with E-state index in [1.807, 2.05) is 13.8 Å². The Bertz CT molecular complexity index is 2200. The third-order valence-electron chi connectivity index (χ3n) is 8.02. The maximum Gasteiger partial charge on any atom is 0.146 e. The van der Waals surface area contributed by atoms with Crippen LogP contribution in [0.15, 0.2) is 146 Å². The van der Waals surface area contributed by atoms with Gasteiger partial charge in [0.05, 0.1) is 22.1 Å². The molecule has 0 bridgehead atoms. The number of rotatable bonds is 4. The Balaban J connectivity index is 0.00000147. The summed E-state index contributed by atoms with van der Waals surface area (Å²) in [5.74, 6) is 0.940. The predicted molar refractivity (Wildman–Crippen MR) is 182 cm³/mol. The molecule has 2 aromatic heterocycles. The van der Waals surface area contributed by atoms with E-state index in [-0.39, 0.29) is 0 Å². The summed E-state index contributed by atoms with van der Waals surface area (Å²) < 4.78 is 4.64. The van der Waals surface area contributed by atoms with Gasteiger partial charge in [-0.05, 0) is 72.6 Å². The van der Waals surface area contributed by atoms with Crippen molar-refractivity contribution < 1.29 is 0 Å². The van der Waals surface area contributed by atoms with E-state index >= 15 is 0 Å². The van der Waals surface area contributed by atoms with Crippen LogP contribution in [0, 0.1) is 6.92 Å². The lowest BCUT2D eigenvalue weighted by Crippen LogP contribution is -1.98. The van der Waals surface area contributed by atoms with Crippen LogP contribution in [0.3, 0.4) is 0 Å². The van der Waals surface area contributed by atoms with Gasteiger partial charge in [-0.25, -0.2) is 4.98 Å². The predicted octanol–water partition coefficient (Wildman–Crippen LogP) is 10.8. The molecule has 0 N–H and O–H groups in total. The van der Waals surface area contributed by atoms with Gasteiger partial charge in [0.1, 0.15) is 5.82 Å². The van der Waals surface area contributed by atoms with Gasteiger partial charge in [0.25, 0.3) is 0 Å². The third-order valence-corrected chi connectivity index (χ3v) is 8.02. The zero-order valence-corrected chi connectivity index (χ0v) is 24.7. The lowest BCUT2D eigenvalue weighted by molar-refractivity contribution is 1.10. The highest BCUT2D eigenvalue weighted by Gasteiger charge is 2.19. The highest BCUT2D eigenvalue weighted by atomic mass is 15.1. The first-order valence-electron chi connectivity index (χ1n) is 15.0. The summed E-state index contributed by atoms with van der Waals surface area (Å²) in [4.78, 5) is 5.17. The number of fused-ring (bicyclic) bond motifs is 4. The van der Waals surface area contributed by atoms with E-state index in [4.69, 9.17) is 4.98 Å². The molecule has 0 aliphatic heterocycles. The van der Waals surface area contributed by atoms with Gasteiger partial charge in [-0.2, -0.15) is 0 Å². The van der Waals surface area contributed by atoms with E-state index in [9.17, 15) is 0 Å². The molecule has 2 heterocycles. The normalized spacial score (nSPS) is 11.1. The molecule has 8 aromatic rings. The summed E-state index contributed by atoms with van der Waals surface area (Å²) in [5, 5.41) is 2.49. The van der Waals surface area contributed by atoms with Gasteiger partial charge in [0, 0.05) is 27.7 Å². The van der Waals surface area contributed by atoms with Crippen molar-refractivity contribution in [2.45, 2.75) is 20.8 Å². The van der Waals surface area contributed by atoms with Gasteiger partial charge in [-0.3, -0.25) is 4.57 Å². The fraction of sp³-hybridized carbons (Fsp3) is 0.0750. The second-order valence-electron chi connectivity index (χ2n) is 10.6. The minimum atomic E-state index is 0.940. The molecule has 0 fully saturated rings. The Morgan fingerprint density at radius 3 is 1.86 bits per heavy atom.